The predicted octanol–water partition coefficient (Wildman–Crippen LogP) is 4.08. The van der Waals surface area contributed by atoms with E-state index in [4.69, 9.17) is 10.5 Å². The number of rotatable bonds is 7. The van der Waals surface area contributed by atoms with E-state index in [9.17, 15) is 0 Å². The number of anilines is 1. The largest absolute Gasteiger partial charge is 0.489 e. The predicted molar refractivity (Wildman–Crippen MR) is 112 cm³/mol. The second-order valence-corrected chi connectivity index (χ2v) is 6.62. The van der Waals surface area contributed by atoms with Gasteiger partial charge in [0.25, 0.3) is 0 Å². The Labute approximate surface area is 164 Å². The Kier molecular flexibility index (Phi) is 5.45. The highest BCUT2D eigenvalue weighted by atomic mass is 16.5. The molecule has 28 heavy (non-hydrogen) atoms. The summed E-state index contributed by atoms with van der Waals surface area (Å²) in [5, 5.41) is 4.46. The molecule has 0 unspecified atom stereocenters. The van der Waals surface area contributed by atoms with E-state index in [1.807, 2.05) is 48.7 Å². The van der Waals surface area contributed by atoms with Gasteiger partial charge in [0.15, 0.2) is 0 Å². The van der Waals surface area contributed by atoms with Crippen molar-refractivity contribution in [3.05, 3.63) is 95.8 Å². The van der Waals surface area contributed by atoms with Crippen molar-refractivity contribution in [2.24, 2.45) is 0 Å². The summed E-state index contributed by atoms with van der Waals surface area (Å²) in [5.41, 5.74) is 9.98. The molecule has 0 atom stereocenters. The van der Waals surface area contributed by atoms with E-state index in [0.29, 0.717) is 12.4 Å². The van der Waals surface area contributed by atoms with Crippen LogP contribution in [0.5, 0.6) is 5.75 Å². The average molecular weight is 370 g/mol. The fourth-order valence-corrected chi connectivity index (χ4v) is 3.04. The van der Waals surface area contributed by atoms with E-state index in [-0.39, 0.29) is 0 Å². The number of nitrogens with zero attached hydrogens (tertiary/aromatic N) is 2. The molecule has 0 aliphatic heterocycles. The monoisotopic (exact) mass is 370 g/mol. The van der Waals surface area contributed by atoms with Crippen molar-refractivity contribution in [1.29, 1.82) is 0 Å². The highest BCUT2D eigenvalue weighted by Gasteiger charge is 2.02. The molecule has 0 spiro atoms. The van der Waals surface area contributed by atoms with E-state index < -0.39 is 0 Å². The van der Waals surface area contributed by atoms with Gasteiger partial charge in [-0.2, -0.15) is 0 Å². The normalized spacial score (nSPS) is 10.9. The van der Waals surface area contributed by atoms with Gasteiger partial charge in [0.1, 0.15) is 18.2 Å². The van der Waals surface area contributed by atoms with Crippen LogP contribution < -0.4 is 15.8 Å². The molecule has 0 amide bonds. The molecule has 2 aromatic heterocycles. The first-order valence-corrected chi connectivity index (χ1v) is 9.24. The van der Waals surface area contributed by atoms with Crippen LogP contribution >= 0.6 is 0 Å². The molecule has 3 N–H and O–H groups in total. The van der Waals surface area contributed by atoms with E-state index in [1.165, 1.54) is 5.56 Å². The fourth-order valence-electron chi connectivity index (χ4n) is 3.04. The number of hydrogen-bond acceptors (Lipinski definition) is 5. The van der Waals surface area contributed by atoms with Crippen molar-refractivity contribution < 1.29 is 4.74 Å². The van der Waals surface area contributed by atoms with Gasteiger partial charge in [0, 0.05) is 30.7 Å². The average Bonchev–Trinajstić information content (AvgIpc) is 2.73. The minimum Gasteiger partial charge on any atom is -0.489 e. The number of pyridine rings is 2. The van der Waals surface area contributed by atoms with Crippen molar-refractivity contribution in [3.63, 3.8) is 0 Å². The number of aromatic nitrogens is 2. The number of fused-ring (bicyclic) bond motifs is 1. The molecule has 0 bridgehead atoms. The Morgan fingerprint density at radius 2 is 1.75 bits per heavy atom. The third-order valence-electron chi connectivity index (χ3n) is 4.44. The molecule has 2 aromatic carbocycles. The minimum atomic E-state index is 0.502. The Morgan fingerprint density at radius 3 is 2.64 bits per heavy atom. The van der Waals surface area contributed by atoms with Crippen LogP contribution in [0, 0.1) is 0 Å². The van der Waals surface area contributed by atoms with Gasteiger partial charge in [0.2, 0.25) is 0 Å². The van der Waals surface area contributed by atoms with Gasteiger partial charge in [0.05, 0.1) is 11.2 Å². The van der Waals surface area contributed by atoms with Crippen molar-refractivity contribution in [2.75, 3.05) is 5.73 Å². The fraction of sp³-hybridized carbons (Fsp3) is 0.130. The number of nitrogen functional groups attached to an aromatic ring is 1. The summed E-state index contributed by atoms with van der Waals surface area (Å²) < 4.78 is 5.96. The standard InChI is InChI=1S/C23H22N4O/c24-23-10-8-19-7-9-21(13-22(19)27-23)28-16-18-5-3-4-17(12-18)14-25-15-20-6-1-2-11-26-20/h1-13,25H,14-16H2,(H2,24,27). The van der Waals surface area contributed by atoms with Crippen LogP contribution in [-0.4, -0.2) is 9.97 Å². The summed E-state index contributed by atoms with van der Waals surface area (Å²) in [6, 6.07) is 24.0. The van der Waals surface area contributed by atoms with Crippen LogP contribution in [0.15, 0.2) is 79.0 Å². The molecule has 5 nitrogen and oxygen atoms in total. The van der Waals surface area contributed by atoms with Gasteiger partial charge >= 0.3 is 0 Å². The first-order chi connectivity index (χ1) is 13.8. The molecule has 0 aliphatic carbocycles. The first kappa shape index (κ1) is 17.9. The summed E-state index contributed by atoms with van der Waals surface area (Å²) in [6.45, 7) is 2.03. The van der Waals surface area contributed by atoms with Crippen molar-refractivity contribution in [2.45, 2.75) is 19.7 Å². The van der Waals surface area contributed by atoms with Crippen LogP contribution in [0.25, 0.3) is 10.9 Å². The lowest BCUT2D eigenvalue weighted by atomic mass is 10.1. The third-order valence-corrected chi connectivity index (χ3v) is 4.44. The number of nitrogens with two attached hydrogens (primary N) is 1. The Balaban J connectivity index is 1.35. The summed E-state index contributed by atoms with van der Waals surface area (Å²) in [5.74, 6) is 1.29. The molecule has 140 valence electrons. The molecule has 4 rings (SSSR count). The highest BCUT2D eigenvalue weighted by Crippen LogP contribution is 2.21. The maximum Gasteiger partial charge on any atom is 0.124 e. The van der Waals surface area contributed by atoms with Gasteiger partial charge < -0.3 is 15.8 Å². The van der Waals surface area contributed by atoms with Crippen molar-refractivity contribution in [3.8, 4) is 5.75 Å². The van der Waals surface area contributed by atoms with Crippen LogP contribution in [-0.2, 0) is 19.7 Å². The quantitative estimate of drug-likeness (QED) is 0.513. The molecule has 0 aliphatic rings. The lowest BCUT2D eigenvalue weighted by Gasteiger charge is -2.10. The second kappa shape index (κ2) is 8.50. The number of hydrogen-bond donors (Lipinski definition) is 2. The highest BCUT2D eigenvalue weighted by molar-refractivity contribution is 5.81. The summed E-state index contributed by atoms with van der Waals surface area (Å²) in [4.78, 5) is 8.67. The molecular weight excluding hydrogens is 348 g/mol. The van der Waals surface area contributed by atoms with Gasteiger partial charge in [-0.15, -0.1) is 0 Å². The van der Waals surface area contributed by atoms with Gasteiger partial charge in [-0.25, -0.2) is 4.98 Å². The van der Waals surface area contributed by atoms with E-state index in [0.717, 1.165) is 41.0 Å². The van der Waals surface area contributed by atoms with Gasteiger partial charge in [-0.3, -0.25) is 4.98 Å². The zero-order valence-corrected chi connectivity index (χ0v) is 15.5. The number of ether oxygens (including phenoxy) is 1. The molecule has 0 saturated carbocycles. The molecule has 2 heterocycles. The minimum absolute atomic E-state index is 0.502. The van der Waals surface area contributed by atoms with Crippen LogP contribution in [0.3, 0.4) is 0 Å². The number of nitrogens with one attached hydrogen (secondary N) is 1. The van der Waals surface area contributed by atoms with Crippen molar-refractivity contribution >= 4 is 16.7 Å². The molecule has 4 aromatic rings. The third kappa shape index (κ3) is 4.64. The SMILES string of the molecule is Nc1ccc2ccc(OCc3cccc(CNCc4ccccn4)c3)cc2n1. The summed E-state index contributed by atoms with van der Waals surface area (Å²) in [7, 11) is 0. The van der Waals surface area contributed by atoms with Crippen LogP contribution in [0.4, 0.5) is 5.82 Å². The zero-order valence-electron chi connectivity index (χ0n) is 15.5. The lowest BCUT2D eigenvalue weighted by molar-refractivity contribution is 0.306. The first-order valence-electron chi connectivity index (χ1n) is 9.24. The maximum absolute atomic E-state index is 5.96. The maximum atomic E-state index is 5.96. The van der Waals surface area contributed by atoms with E-state index in [2.05, 4.69) is 39.6 Å². The Hall–Kier alpha value is -3.44. The van der Waals surface area contributed by atoms with Crippen LogP contribution in [0.2, 0.25) is 0 Å². The second-order valence-electron chi connectivity index (χ2n) is 6.62. The van der Waals surface area contributed by atoms with Crippen molar-refractivity contribution in [1.82, 2.24) is 15.3 Å². The van der Waals surface area contributed by atoms with Crippen LogP contribution in [0.1, 0.15) is 16.8 Å². The molecule has 0 fully saturated rings. The topological polar surface area (TPSA) is 73.1 Å². The smallest absolute Gasteiger partial charge is 0.124 e. The Bertz CT molecular complexity index is 1070. The molecule has 0 saturated heterocycles. The number of benzene rings is 2. The lowest BCUT2D eigenvalue weighted by Crippen LogP contribution is -2.13. The molecule has 0 radical (unpaired) electrons. The summed E-state index contributed by atoms with van der Waals surface area (Å²) >= 11 is 0. The van der Waals surface area contributed by atoms with E-state index >= 15 is 0 Å². The van der Waals surface area contributed by atoms with Gasteiger partial charge in [-0.05, 0) is 47.5 Å². The molecular formula is C23H22N4O. The summed E-state index contributed by atoms with van der Waals surface area (Å²) in [6.07, 6.45) is 1.81. The molecule has 5 heteroatoms. The van der Waals surface area contributed by atoms with E-state index in [1.54, 1.807) is 6.07 Å². The van der Waals surface area contributed by atoms with Gasteiger partial charge in [-0.1, -0.05) is 30.3 Å². The zero-order chi connectivity index (χ0) is 19.2. The Morgan fingerprint density at radius 1 is 0.857 bits per heavy atom.